The fourth-order valence-corrected chi connectivity index (χ4v) is 6.41. The normalized spacial score (nSPS) is 14.8. The minimum absolute atomic E-state index is 0.0111. The number of amides is 2. The molecule has 0 aromatic heterocycles. The van der Waals surface area contributed by atoms with E-state index in [1.807, 2.05) is 18.7 Å². The molecule has 1 aliphatic heterocycles. The second-order valence-electron chi connectivity index (χ2n) is 10.1. The van der Waals surface area contributed by atoms with Crippen molar-refractivity contribution in [2.75, 3.05) is 31.9 Å². The van der Waals surface area contributed by atoms with Crippen molar-refractivity contribution in [2.24, 2.45) is 0 Å². The van der Waals surface area contributed by atoms with Gasteiger partial charge in [-0.1, -0.05) is 58.6 Å². The number of unbranched alkanes of at least 4 members (excludes halogenated alkanes) is 4. The zero-order valence-corrected chi connectivity index (χ0v) is 23.8. The molecule has 0 radical (unpaired) electrons. The minimum atomic E-state index is -3.52. The van der Waals surface area contributed by atoms with Gasteiger partial charge in [0.2, 0.25) is 21.8 Å². The van der Waals surface area contributed by atoms with Crippen LogP contribution in [0.25, 0.3) is 0 Å². The molecular weight excluding hydrogens is 493 g/mol. The molecule has 0 atom stereocenters. The van der Waals surface area contributed by atoms with E-state index in [-0.39, 0.29) is 42.5 Å². The zero-order valence-electron chi connectivity index (χ0n) is 23.0. The zero-order chi connectivity index (χ0) is 27.3. The van der Waals surface area contributed by atoms with Gasteiger partial charge in [-0.15, -0.1) is 0 Å². The number of hydrogen-bond donors (Lipinski definition) is 0. The van der Waals surface area contributed by atoms with Gasteiger partial charge in [0, 0.05) is 38.6 Å². The largest absolute Gasteiger partial charge is 0.343 e. The van der Waals surface area contributed by atoms with Crippen LogP contribution in [0.2, 0.25) is 0 Å². The summed E-state index contributed by atoms with van der Waals surface area (Å²) in [5.41, 5.74) is 0.791. The molecule has 210 valence electrons. The van der Waals surface area contributed by atoms with Gasteiger partial charge in [-0.05, 0) is 49.8 Å². The second-order valence-corrected chi connectivity index (χ2v) is 12.2. The average molecular weight is 540 g/mol. The molecule has 1 aromatic rings. The molecule has 0 unspecified atom stereocenters. The van der Waals surface area contributed by atoms with E-state index in [9.17, 15) is 22.4 Å². The van der Waals surface area contributed by atoms with Crippen LogP contribution in [0, 0.1) is 5.82 Å². The molecule has 1 heterocycles. The summed E-state index contributed by atoms with van der Waals surface area (Å²) < 4.78 is 40.3. The summed E-state index contributed by atoms with van der Waals surface area (Å²) in [5, 5.41) is 0. The van der Waals surface area contributed by atoms with Crippen LogP contribution < -0.4 is 0 Å². The highest BCUT2D eigenvalue weighted by Gasteiger charge is 2.32. The van der Waals surface area contributed by atoms with Crippen molar-refractivity contribution in [1.82, 2.24) is 14.1 Å². The Labute approximate surface area is 223 Å². The van der Waals surface area contributed by atoms with Crippen molar-refractivity contribution in [3.63, 3.8) is 0 Å². The van der Waals surface area contributed by atoms with Crippen molar-refractivity contribution >= 4 is 21.8 Å². The first-order valence-electron chi connectivity index (χ1n) is 14.0. The van der Waals surface area contributed by atoms with Crippen LogP contribution in [0.5, 0.6) is 0 Å². The van der Waals surface area contributed by atoms with E-state index in [1.165, 1.54) is 29.3 Å². The van der Waals surface area contributed by atoms with E-state index in [0.29, 0.717) is 51.7 Å². The maximum Gasteiger partial charge on any atom is 0.238 e. The molecular formula is C28H46FN3O4S. The Balaban J connectivity index is 2.09. The summed E-state index contributed by atoms with van der Waals surface area (Å²) >= 11 is 0. The number of benzene rings is 1. The Morgan fingerprint density at radius 2 is 1.59 bits per heavy atom. The van der Waals surface area contributed by atoms with E-state index in [4.69, 9.17) is 0 Å². The fraction of sp³-hybridized carbons (Fsp3) is 0.714. The van der Waals surface area contributed by atoms with E-state index in [1.54, 1.807) is 17.0 Å². The van der Waals surface area contributed by atoms with Gasteiger partial charge in [-0.25, -0.2) is 12.8 Å². The lowest BCUT2D eigenvalue weighted by Crippen LogP contribution is -2.51. The van der Waals surface area contributed by atoms with Crippen LogP contribution in [0.1, 0.15) is 90.5 Å². The van der Waals surface area contributed by atoms with Gasteiger partial charge in [0.15, 0.2) is 0 Å². The number of rotatable bonds is 16. The molecule has 0 aliphatic carbocycles. The number of carbonyl (C=O) groups excluding carboxylic acids is 2. The number of halogens is 1. The highest BCUT2D eigenvalue weighted by molar-refractivity contribution is 7.89. The number of piperidine rings is 1. The molecule has 0 saturated carbocycles. The standard InChI is InChI=1S/C28H46FN3O4S/c1-4-7-8-9-10-11-27(33)30-19-16-26(17-20-30)32(22-24-12-14-25(29)15-13-24)28(34)23-31(18-5-2)37(35,36)21-6-3/h12-15,26H,4-11,16-23H2,1-3H3. The van der Waals surface area contributed by atoms with Crippen LogP contribution >= 0.6 is 0 Å². The number of likely N-dealkylation sites (tertiary alicyclic amines) is 1. The first-order chi connectivity index (χ1) is 17.7. The van der Waals surface area contributed by atoms with E-state index in [2.05, 4.69) is 6.92 Å². The van der Waals surface area contributed by atoms with Crippen molar-refractivity contribution in [3.05, 3.63) is 35.6 Å². The van der Waals surface area contributed by atoms with Gasteiger partial charge in [0.25, 0.3) is 0 Å². The molecule has 0 bridgehead atoms. The highest BCUT2D eigenvalue weighted by atomic mass is 32.2. The third kappa shape index (κ3) is 10.3. The smallest absolute Gasteiger partial charge is 0.238 e. The van der Waals surface area contributed by atoms with E-state index >= 15 is 0 Å². The molecule has 9 heteroatoms. The number of nitrogens with zero attached hydrogens (tertiary/aromatic N) is 3. The topological polar surface area (TPSA) is 78.0 Å². The molecule has 1 fully saturated rings. The maximum absolute atomic E-state index is 13.6. The number of hydrogen-bond acceptors (Lipinski definition) is 4. The van der Waals surface area contributed by atoms with Crippen LogP contribution in [0.15, 0.2) is 24.3 Å². The maximum atomic E-state index is 13.6. The second kappa shape index (κ2) is 16.1. The van der Waals surface area contributed by atoms with Gasteiger partial charge in [-0.3, -0.25) is 9.59 Å². The summed E-state index contributed by atoms with van der Waals surface area (Å²) in [7, 11) is -3.52. The molecule has 1 aliphatic rings. The highest BCUT2D eigenvalue weighted by Crippen LogP contribution is 2.22. The lowest BCUT2D eigenvalue weighted by molar-refractivity contribution is -0.137. The van der Waals surface area contributed by atoms with Gasteiger partial charge in [0.05, 0.1) is 12.3 Å². The molecule has 0 N–H and O–H groups in total. The third-order valence-corrected chi connectivity index (χ3v) is 9.00. The summed E-state index contributed by atoms with van der Waals surface area (Å²) in [6.45, 7) is 7.42. The molecule has 37 heavy (non-hydrogen) atoms. The Hall–Kier alpha value is -2.00. The summed E-state index contributed by atoms with van der Waals surface area (Å²) in [6, 6.07) is 5.95. The molecule has 2 rings (SSSR count). The predicted octanol–water partition coefficient (Wildman–Crippen LogP) is 4.96. The van der Waals surface area contributed by atoms with Gasteiger partial charge >= 0.3 is 0 Å². The Morgan fingerprint density at radius 3 is 2.19 bits per heavy atom. The summed E-state index contributed by atoms with van der Waals surface area (Å²) in [4.78, 5) is 29.9. The first-order valence-corrected chi connectivity index (χ1v) is 15.6. The predicted molar refractivity (Wildman–Crippen MR) is 146 cm³/mol. The lowest BCUT2D eigenvalue weighted by Gasteiger charge is -2.39. The van der Waals surface area contributed by atoms with Crippen molar-refractivity contribution in [1.29, 1.82) is 0 Å². The van der Waals surface area contributed by atoms with E-state index in [0.717, 1.165) is 24.8 Å². The molecule has 2 amide bonds. The SMILES string of the molecule is CCCCCCCC(=O)N1CCC(N(Cc2ccc(F)cc2)C(=O)CN(CCC)S(=O)(=O)CCC)CC1. The Morgan fingerprint density at radius 1 is 0.946 bits per heavy atom. The van der Waals surface area contributed by atoms with Crippen LogP contribution in [0.3, 0.4) is 0 Å². The Kier molecular flexibility index (Phi) is 13.6. The number of sulfonamides is 1. The minimum Gasteiger partial charge on any atom is -0.343 e. The van der Waals surface area contributed by atoms with Crippen LogP contribution in [0.4, 0.5) is 4.39 Å². The third-order valence-electron chi connectivity index (χ3n) is 6.98. The quantitative estimate of drug-likeness (QED) is 0.278. The van der Waals surface area contributed by atoms with Gasteiger partial charge in [0.1, 0.15) is 5.82 Å². The summed E-state index contributed by atoms with van der Waals surface area (Å²) in [6.07, 6.45) is 8.48. The molecule has 7 nitrogen and oxygen atoms in total. The van der Waals surface area contributed by atoms with Crippen LogP contribution in [-0.4, -0.2) is 72.3 Å². The van der Waals surface area contributed by atoms with Crippen molar-refractivity contribution < 1.29 is 22.4 Å². The van der Waals surface area contributed by atoms with Crippen molar-refractivity contribution in [3.8, 4) is 0 Å². The summed E-state index contributed by atoms with van der Waals surface area (Å²) in [5.74, 6) is -0.413. The average Bonchev–Trinajstić information content (AvgIpc) is 2.88. The first kappa shape index (κ1) is 31.2. The molecule has 0 spiro atoms. The number of carbonyl (C=O) groups is 2. The van der Waals surface area contributed by atoms with Gasteiger partial charge in [-0.2, -0.15) is 4.31 Å². The van der Waals surface area contributed by atoms with Crippen molar-refractivity contribution in [2.45, 2.75) is 97.6 Å². The fourth-order valence-electron chi connectivity index (χ4n) is 4.87. The molecule has 1 saturated heterocycles. The Bertz CT molecular complexity index is 931. The lowest BCUT2D eigenvalue weighted by atomic mass is 10.0. The molecule has 1 aromatic carbocycles. The monoisotopic (exact) mass is 539 g/mol. The van der Waals surface area contributed by atoms with Crippen LogP contribution in [-0.2, 0) is 26.2 Å². The van der Waals surface area contributed by atoms with E-state index < -0.39 is 10.0 Å². The van der Waals surface area contributed by atoms with Gasteiger partial charge < -0.3 is 9.80 Å².